The molecule has 0 spiro atoms. The van der Waals surface area contributed by atoms with E-state index in [1.165, 1.54) is 11.1 Å². The Morgan fingerprint density at radius 2 is 2.10 bits per heavy atom. The predicted molar refractivity (Wildman–Crippen MR) is 84.3 cm³/mol. The molecule has 1 saturated heterocycles. The van der Waals surface area contributed by atoms with Crippen LogP contribution in [0.1, 0.15) is 37.3 Å². The lowest BCUT2D eigenvalue weighted by Gasteiger charge is -2.14. The maximum atomic E-state index is 11.8. The Hall–Kier alpha value is -1.39. The van der Waals surface area contributed by atoms with Crippen molar-refractivity contribution in [2.45, 2.75) is 38.7 Å². The summed E-state index contributed by atoms with van der Waals surface area (Å²) in [6, 6.07) is 8.59. The highest BCUT2D eigenvalue weighted by atomic mass is 16.3. The largest absolute Gasteiger partial charge is 0.392 e. The molecular weight excluding hydrogens is 264 g/mol. The Bertz CT molecular complexity index is 456. The van der Waals surface area contributed by atoms with Crippen LogP contribution in [0, 0.1) is 0 Å². The van der Waals surface area contributed by atoms with Crippen molar-refractivity contribution in [1.29, 1.82) is 0 Å². The molecule has 1 amide bonds. The van der Waals surface area contributed by atoms with Gasteiger partial charge in [-0.15, -0.1) is 0 Å². The average molecular weight is 290 g/mol. The topological polar surface area (TPSA) is 52.6 Å². The summed E-state index contributed by atoms with van der Waals surface area (Å²) < 4.78 is 0. The molecule has 2 rings (SSSR count). The van der Waals surface area contributed by atoms with Crippen molar-refractivity contribution in [3.8, 4) is 0 Å². The number of rotatable bonds is 6. The van der Waals surface area contributed by atoms with Crippen LogP contribution in [-0.2, 0) is 11.2 Å². The number of aliphatic hydroxyl groups excluding tert-OH is 1. The molecule has 1 aromatic carbocycles. The number of β-amino-alcohol motifs (C(OH)–C–C–N with tert-alkyl or cyclic N) is 1. The Balaban J connectivity index is 1.67. The second-order valence-corrected chi connectivity index (χ2v) is 6.17. The van der Waals surface area contributed by atoms with Gasteiger partial charge in [-0.2, -0.15) is 0 Å². The van der Waals surface area contributed by atoms with Crippen molar-refractivity contribution in [2.75, 3.05) is 26.2 Å². The summed E-state index contributed by atoms with van der Waals surface area (Å²) in [6.07, 6.45) is 1.36. The third kappa shape index (κ3) is 5.14. The van der Waals surface area contributed by atoms with Crippen molar-refractivity contribution in [3.05, 3.63) is 35.4 Å². The molecule has 1 aromatic rings. The first-order valence-electron chi connectivity index (χ1n) is 7.80. The molecule has 4 nitrogen and oxygen atoms in total. The van der Waals surface area contributed by atoms with Crippen LogP contribution in [0.5, 0.6) is 0 Å². The van der Waals surface area contributed by atoms with E-state index in [2.05, 4.69) is 43.4 Å². The standard InChI is InChI=1S/C17H26N2O2/c1-13(2)15-5-3-14(4-6-15)7-9-18-17(21)12-19-10-8-16(20)11-19/h3-6,13,16,20H,7-12H2,1-2H3,(H,18,21)/t16-/m1/s1. The number of likely N-dealkylation sites (tertiary alicyclic amines) is 1. The van der Waals surface area contributed by atoms with Gasteiger partial charge in [-0.25, -0.2) is 0 Å². The van der Waals surface area contributed by atoms with Crippen LogP contribution in [0.3, 0.4) is 0 Å². The first-order chi connectivity index (χ1) is 10.0. The zero-order valence-corrected chi connectivity index (χ0v) is 13.0. The second kappa shape index (κ2) is 7.57. The zero-order valence-electron chi connectivity index (χ0n) is 13.0. The van der Waals surface area contributed by atoms with E-state index >= 15 is 0 Å². The Kier molecular flexibility index (Phi) is 5.76. The fourth-order valence-electron chi connectivity index (χ4n) is 2.63. The molecule has 1 aliphatic rings. The number of aliphatic hydroxyl groups is 1. The van der Waals surface area contributed by atoms with E-state index in [1.807, 2.05) is 4.90 Å². The number of nitrogens with zero attached hydrogens (tertiary/aromatic N) is 1. The van der Waals surface area contributed by atoms with Crippen molar-refractivity contribution in [3.63, 3.8) is 0 Å². The second-order valence-electron chi connectivity index (χ2n) is 6.17. The van der Waals surface area contributed by atoms with Gasteiger partial charge < -0.3 is 10.4 Å². The number of benzene rings is 1. The van der Waals surface area contributed by atoms with Crippen molar-refractivity contribution in [1.82, 2.24) is 10.2 Å². The van der Waals surface area contributed by atoms with Gasteiger partial charge in [0.15, 0.2) is 0 Å². The first kappa shape index (κ1) is 16.0. The minimum absolute atomic E-state index is 0.0444. The molecule has 1 fully saturated rings. The lowest BCUT2D eigenvalue weighted by Crippen LogP contribution is -2.37. The van der Waals surface area contributed by atoms with E-state index in [4.69, 9.17) is 0 Å². The van der Waals surface area contributed by atoms with Crippen LogP contribution in [-0.4, -0.2) is 48.2 Å². The van der Waals surface area contributed by atoms with E-state index in [-0.39, 0.29) is 12.0 Å². The third-order valence-corrected chi connectivity index (χ3v) is 4.00. The summed E-state index contributed by atoms with van der Waals surface area (Å²) >= 11 is 0. The summed E-state index contributed by atoms with van der Waals surface area (Å²) in [5.74, 6) is 0.595. The molecule has 4 heteroatoms. The molecule has 21 heavy (non-hydrogen) atoms. The minimum Gasteiger partial charge on any atom is -0.392 e. The summed E-state index contributed by atoms with van der Waals surface area (Å²) in [7, 11) is 0. The van der Waals surface area contributed by atoms with Gasteiger partial charge in [-0.1, -0.05) is 38.1 Å². The molecule has 0 bridgehead atoms. The van der Waals surface area contributed by atoms with Gasteiger partial charge in [0.05, 0.1) is 12.6 Å². The quantitative estimate of drug-likeness (QED) is 0.835. The molecule has 1 atom stereocenters. The molecular formula is C17H26N2O2. The average Bonchev–Trinajstić information content (AvgIpc) is 2.84. The Labute approximate surface area is 127 Å². The van der Waals surface area contributed by atoms with Gasteiger partial charge >= 0.3 is 0 Å². The normalized spacial score (nSPS) is 19.1. The molecule has 116 valence electrons. The van der Waals surface area contributed by atoms with E-state index in [0.717, 1.165) is 19.4 Å². The van der Waals surface area contributed by atoms with Crippen LogP contribution < -0.4 is 5.32 Å². The minimum atomic E-state index is -0.266. The van der Waals surface area contributed by atoms with Gasteiger partial charge in [0, 0.05) is 19.6 Å². The molecule has 0 aliphatic carbocycles. The maximum Gasteiger partial charge on any atom is 0.234 e. The number of nitrogens with one attached hydrogen (secondary N) is 1. The molecule has 0 aromatic heterocycles. The van der Waals surface area contributed by atoms with E-state index in [1.54, 1.807) is 0 Å². The van der Waals surface area contributed by atoms with Crippen LogP contribution in [0.4, 0.5) is 0 Å². The fourth-order valence-corrected chi connectivity index (χ4v) is 2.63. The van der Waals surface area contributed by atoms with Gasteiger partial charge in [0.25, 0.3) is 0 Å². The van der Waals surface area contributed by atoms with E-state index in [9.17, 15) is 9.90 Å². The molecule has 2 N–H and O–H groups in total. The van der Waals surface area contributed by atoms with Gasteiger partial charge in [0.2, 0.25) is 5.91 Å². The van der Waals surface area contributed by atoms with Gasteiger partial charge in [0.1, 0.15) is 0 Å². The summed E-state index contributed by atoms with van der Waals surface area (Å²) in [6.45, 7) is 6.85. The van der Waals surface area contributed by atoms with Crippen molar-refractivity contribution >= 4 is 5.91 Å². The highest BCUT2D eigenvalue weighted by molar-refractivity contribution is 5.78. The summed E-state index contributed by atoms with van der Waals surface area (Å²) in [4.78, 5) is 13.8. The number of hydrogen-bond acceptors (Lipinski definition) is 3. The van der Waals surface area contributed by atoms with Crippen LogP contribution in [0.15, 0.2) is 24.3 Å². The molecule has 1 aliphatic heterocycles. The number of carbonyl (C=O) groups is 1. The number of hydrogen-bond donors (Lipinski definition) is 2. The highest BCUT2D eigenvalue weighted by Crippen LogP contribution is 2.14. The molecule has 0 radical (unpaired) electrons. The zero-order chi connectivity index (χ0) is 15.2. The maximum absolute atomic E-state index is 11.8. The van der Waals surface area contributed by atoms with Crippen molar-refractivity contribution < 1.29 is 9.90 Å². The first-order valence-corrected chi connectivity index (χ1v) is 7.80. The molecule has 0 saturated carbocycles. The van der Waals surface area contributed by atoms with Crippen LogP contribution in [0.25, 0.3) is 0 Å². The predicted octanol–water partition coefficient (Wildman–Crippen LogP) is 1.54. The highest BCUT2D eigenvalue weighted by Gasteiger charge is 2.21. The third-order valence-electron chi connectivity index (χ3n) is 4.00. The van der Waals surface area contributed by atoms with Crippen LogP contribution in [0.2, 0.25) is 0 Å². The lowest BCUT2D eigenvalue weighted by atomic mass is 10.0. The van der Waals surface area contributed by atoms with Gasteiger partial charge in [-0.05, 0) is 29.9 Å². The van der Waals surface area contributed by atoms with E-state index < -0.39 is 0 Å². The van der Waals surface area contributed by atoms with Crippen molar-refractivity contribution in [2.24, 2.45) is 0 Å². The van der Waals surface area contributed by atoms with Gasteiger partial charge in [-0.3, -0.25) is 9.69 Å². The monoisotopic (exact) mass is 290 g/mol. The lowest BCUT2D eigenvalue weighted by molar-refractivity contribution is -0.122. The smallest absolute Gasteiger partial charge is 0.234 e. The summed E-state index contributed by atoms with van der Waals surface area (Å²) in [5.41, 5.74) is 2.59. The summed E-state index contributed by atoms with van der Waals surface area (Å²) in [5, 5.41) is 12.4. The Morgan fingerprint density at radius 3 is 2.67 bits per heavy atom. The van der Waals surface area contributed by atoms with Crippen LogP contribution >= 0.6 is 0 Å². The molecule has 0 unspecified atom stereocenters. The number of carbonyl (C=O) groups excluding carboxylic acids is 1. The Morgan fingerprint density at radius 1 is 1.38 bits per heavy atom. The fraction of sp³-hybridized carbons (Fsp3) is 0.588. The SMILES string of the molecule is CC(C)c1ccc(CCNC(=O)CN2CC[C@@H](O)C2)cc1. The number of amides is 1. The van der Waals surface area contributed by atoms with E-state index in [0.29, 0.717) is 25.6 Å². The molecule has 1 heterocycles.